The molecule has 1 aliphatic heterocycles. The number of rotatable bonds is 5. The molecule has 23 heavy (non-hydrogen) atoms. The number of benzene rings is 1. The molecule has 2 heterocycles. The van der Waals surface area contributed by atoms with Gasteiger partial charge >= 0.3 is 0 Å². The molecule has 0 unspecified atom stereocenters. The van der Waals surface area contributed by atoms with Gasteiger partial charge in [-0.25, -0.2) is 4.98 Å². The number of hydrogen-bond donors (Lipinski definition) is 2. The van der Waals surface area contributed by atoms with Crippen molar-refractivity contribution >= 4 is 29.0 Å². The molecule has 1 aliphatic rings. The first-order valence-corrected chi connectivity index (χ1v) is 9.73. The van der Waals surface area contributed by atoms with Crippen LogP contribution in [0.2, 0.25) is 0 Å². The van der Waals surface area contributed by atoms with Gasteiger partial charge in [0.2, 0.25) is 0 Å². The van der Waals surface area contributed by atoms with Crippen LogP contribution in [0.15, 0.2) is 34.5 Å². The van der Waals surface area contributed by atoms with E-state index in [2.05, 4.69) is 21.0 Å². The lowest BCUT2D eigenvalue weighted by atomic mass is 10.1. The molecule has 4 nitrogen and oxygen atoms in total. The number of thioether (sulfide) groups is 1. The lowest BCUT2D eigenvalue weighted by molar-refractivity contribution is 0.0926. The van der Waals surface area contributed by atoms with E-state index >= 15 is 0 Å². The molecule has 1 aromatic carbocycles. The zero-order valence-electron chi connectivity index (χ0n) is 13.2. The van der Waals surface area contributed by atoms with Crippen molar-refractivity contribution < 1.29 is 4.79 Å². The van der Waals surface area contributed by atoms with Gasteiger partial charge in [-0.3, -0.25) is 4.79 Å². The van der Waals surface area contributed by atoms with E-state index in [1.54, 1.807) is 23.1 Å². The molecule has 0 radical (unpaired) electrons. The Morgan fingerprint density at radius 3 is 2.91 bits per heavy atom. The van der Waals surface area contributed by atoms with Crippen molar-refractivity contribution in [3.8, 4) is 0 Å². The zero-order valence-corrected chi connectivity index (χ0v) is 14.8. The van der Waals surface area contributed by atoms with Crippen LogP contribution in [0, 0.1) is 6.92 Å². The normalized spacial score (nSPS) is 15.5. The fourth-order valence-corrected chi connectivity index (χ4v) is 4.30. The average Bonchev–Trinajstić information content (AvgIpc) is 2.99. The Hall–Kier alpha value is -1.37. The first kappa shape index (κ1) is 16.5. The monoisotopic (exact) mass is 347 g/mol. The summed E-state index contributed by atoms with van der Waals surface area (Å²) in [5, 5.41) is 9.65. The Morgan fingerprint density at radius 2 is 2.17 bits per heavy atom. The Balaban J connectivity index is 1.65. The maximum Gasteiger partial charge on any atom is 0.252 e. The largest absolute Gasteiger partial charge is 0.349 e. The second-order valence-corrected chi connectivity index (χ2v) is 7.72. The van der Waals surface area contributed by atoms with Gasteiger partial charge in [0.25, 0.3) is 5.91 Å². The summed E-state index contributed by atoms with van der Waals surface area (Å²) in [5.74, 6) is 0.830. The maximum absolute atomic E-state index is 12.6. The summed E-state index contributed by atoms with van der Waals surface area (Å²) in [7, 11) is 0. The van der Waals surface area contributed by atoms with Crippen LogP contribution in [0.5, 0.6) is 0 Å². The number of hydrogen-bond acceptors (Lipinski definition) is 5. The lowest BCUT2D eigenvalue weighted by Gasteiger charge is -2.24. The van der Waals surface area contributed by atoms with Crippen molar-refractivity contribution in [3.63, 3.8) is 0 Å². The van der Waals surface area contributed by atoms with Gasteiger partial charge in [0.15, 0.2) is 0 Å². The molecule has 0 aliphatic carbocycles. The third kappa shape index (κ3) is 4.56. The molecule has 122 valence electrons. The maximum atomic E-state index is 12.6. The van der Waals surface area contributed by atoms with E-state index < -0.39 is 0 Å². The van der Waals surface area contributed by atoms with Crippen molar-refractivity contribution in [2.75, 3.05) is 13.1 Å². The molecule has 0 saturated carbocycles. The number of thiazole rings is 1. The molecule has 0 atom stereocenters. The van der Waals surface area contributed by atoms with Gasteiger partial charge in [-0.05, 0) is 45.0 Å². The van der Waals surface area contributed by atoms with Crippen LogP contribution in [0.1, 0.15) is 33.9 Å². The number of nitrogens with one attached hydrogen (secondary N) is 2. The van der Waals surface area contributed by atoms with Crippen LogP contribution < -0.4 is 10.6 Å². The molecular weight excluding hydrogens is 326 g/mol. The van der Waals surface area contributed by atoms with Crippen molar-refractivity contribution in [3.05, 3.63) is 45.9 Å². The topological polar surface area (TPSA) is 54.0 Å². The van der Waals surface area contributed by atoms with E-state index in [0.29, 0.717) is 0 Å². The van der Waals surface area contributed by atoms with Gasteiger partial charge in [-0.15, -0.1) is 23.1 Å². The SMILES string of the molecule is Cc1nc(CSc2ccccc2C(=O)NC2CCNCC2)cs1. The minimum absolute atomic E-state index is 0.0365. The number of aromatic nitrogens is 1. The van der Waals surface area contributed by atoms with E-state index in [9.17, 15) is 4.79 Å². The van der Waals surface area contributed by atoms with Crippen molar-refractivity contribution in [2.24, 2.45) is 0 Å². The Labute approximate surface area is 145 Å². The smallest absolute Gasteiger partial charge is 0.252 e. The van der Waals surface area contributed by atoms with Crippen LogP contribution >= 0.6 is 23.1 Å². The zero-order chi connectivity index (χ0) is 16.1. The summed E-state index contributed by atoms with van der Waals surface area (Å²) in [5.41, 5.74) is 1.84. The summed E-state index contributed by atoms with van der Waals surface area (Å²) in [6.45, 7) is 3.97. The first-order valence-electron chi connectivity index (χ1n) is 7.87. The van der Waals surface area contributed by atoms with Crippen molar-refractivity contribution in [1.82, 2.24) is 15.6 Å². The molecule has 3 rings (SSSR count). The second-order valence-electron chi connectivity index (χ2n) is 5.64. The quantitative estimate of drug-likeness (QED) is 0.816. The highest BCUT2D eigenvalue weighted by Gasteiger charge is 2.18. The standard InChI is InChI=1S/C17H21N3OS2/c1-12-19-14(10-22-12)11-23-16-5-3-2-4-15(16)17(21)20-13-6-8-18-9-7-13/h2-5,10,13,18H,6-9,11H2,1H3,(H,20,21). The minimum atomic E-state index is 0.0365. The highest BCUT2D eigenvalue weighted by molar-refractivity contribution is 7.98. The third-order valence-corrected chi connectivity index (χ3v) is 5.78. The van der Waals surface area contributed by atoms with Gasteiger partial charge in [-0.1, -0.05) is 12.1 Å². The fraction of sp³-hybridized carbons (Fsp3) is 0.412. The Bertz CT molecular complexity index is 665. The van der Waals surface area contributed by atoms with E-state index in [1.807, 2.05) is 31.2 Å². The van der Waals surface area contributed by atoms with Crippen LogP contribution in [0.25, 0.3) is 0 Å². The van der Waals surface area contributed by atoms with E-state index in [0.717, 1.165) is 52.8 Å². The van der Waals surface area contributed by atoms with Gasteiger partial charge < -0.3 is 10.6 Å². The van der Waals surface area contributed by atoms with Crippen LogP contribution in [0.4, 0.5) is 0 Å². The molecule has 0 spiro atoms. The average molecular weight is 348 g/mol. The van der Waals surface area contributed by atoms with Crippen LogP contribution in [-0.2, 0) is 5.75 Å². The number of aryl methyl sites for hydroxylation is 1. The number of carbonyl (C=O) groups excluding carboxylic acids is 1. The predicted molar refractivity (Wildman–Crippen MR) is 96.2 cm³/mol. The van der Waals surface area contributed by atoms with Gasteiger partial charge in [0.05, 0.1) is 16.3 Å². The molecule has 6 heteroatoms. The van der Waals surface area contributed by atoms with Gasteiger partial charge in [0.1, 0.15) is 0 Å². The molecule has 0 bridgehead atoms. The molecular formula is C17H21N3OS2. The summed E-state index contributed by atoms with van der Waals surface area (Å²) >= 11 is 3.34. The Kier molecular flexibility index (Phi) is 5.70. The van der Waals surface area contributed by atoms with Crippen molar-refractivity contribution in [2.45, 2.75) is 36.5 Å². The lowest BCUT2D eigenvalue weighted by Crippen LogP contribution is -2.42. The van der Waals surface area contributed by atoms with E-state index in [1.165, 1.54) is 0 Å². The molecule has 1 saturated heterocycles. The molecule has 1 fully saturated rings. The summed E-state index contributed by atoms with van der Waals surface area (Å²) < 4.78 is 0. The number of nitrogens with zero attached hydrogens (tertiary/aromatic N) is 1. The fourth-order valence-electron chi connectivity index (χ4n) is 2.64. The minimum Gasteiger partial charge on any atom is -0.349 e. The number of carbonyl (C=O) groups is 1. The Morgan fingerprint density at radius 1 is 1.39 bits per heavy atom. The number of amides is 1. The highest BCUT2D eigenvalue weighted by Crippen LogP contribution is 2.27. The second kappa shape index (κ2) is 7.95. The summed E-state index contributed by atoms with van der Waals surface area (Å²) in [6, 6.07) is 8.11. The highest BCUT2D eigenvalue weighted by atomic mass is 32.2. The van der Waals surface area contributed by atoms with Gasteiger partial charge in [-0.2, -0.15) is 0 Å². The third-order valence-electron chi connectivity index (χ3n) is 3.85. The molecule has 2 N–H and O–H groups in total. The molecule has 2 aromatic rings. The summed E-state index contributed by atoms with van der Waals surface area (Å²) in [6.07, 6.45) is 2.00. The van der Waals surface area contributed by atoms with Crippen molar-refractivity contribution in [1.29, 1.82) is 0 Å². The van der Waals surface area contributed by atoms with Gasteiger partial charge in [0, 0.05) is 22.1 Å². The first-order chi connectivity index (χ1) is 11.2. The molecule has 1 aromatic heterocycles. The predicted octanol–water partition coefficient (Wildman–Crippen LogP) is 3.23. The van der Waals surface area contributed by atoms with Crippen LogP contribution in [0.3, 0.4) is 0 Å². The van der Waals surface area contributed by atoms with E-state index in [4.69, 9.17) is 0 Å². The molecule has 1 amide bonds. The number of piperidine rings is 1. The summed E-state index contributed by atoms with van der Waals surface area (Å²) in [4.78, 5) is 18.1. The van der Waals surface area contributed by atoms with E-state index in [-0.39, 0.29) is 11.9 Å². The van der Waals surface area contributed by atoms with Crippen LogP contribution in [-0.4, -0.2) is 30.0 Å².